The maximum atomic E-state index is 13.0. The Labute approximate surface area is 167 Å². The maximum absolute atomic E-state index is 13.0. The fourth-order valence-electron chi connectivity index (χ4n) is 3.40. The van der Waals surface area contributed by atoms with Crippen LogP contribution >= 0.6 is 0 Å². The summed E-state index contributed by atoms with van der Waals surface area (Å²) >= 11 is 0. The average molecular weight is 383 g/mol. The molecule has 0 saturated heterocycles. The van der Waals surface area contributed by atoms with E-state index in [9.17, 15) is 9.59 Å². The second-order valence-corrected chi connectivity index (χ2v) is 7.66. The highest BCUT2D eigenvalue weighted by Crippen LogP contribution is 2.24. The molecule has 0 aliphatic carbocycles. The smallest absolute Gasteiger partial charge is 0.256 e. The van der Waals surface area contributed by atoms with Crippen LogP contribution in [0.3, 0.4) is 0 Å². The van der Waals surface area contributed by atoms with Crippen molar-refractivity contribution in [3.05, 3.63) is 71.8 Å². The number of hydroxylamine groups is 1. The van der Waals surface area contributed by atoms with Crippen molar-refractivity contribution in [1.29, 1.82) is 0 Å². The van der Waals surface area contributed by atoms with Crippen molar-refractivity contribution in [2.24, 2.45) is 11.8 Å². The van der Waals surface area contributed by atoms with Gasteiger partial charge in [0.05, 0.1) is 0 Å². The van der Waals surface area contributed by atoms with Crippen molar-refractivity contribution in [2.75, 3.05) is 0 Å². The summed E-state index contributed by atoms with van der Waals surface area (Å²) in [6, 6.07) is 19.2. The van der Waals surface area contributed by atoms with E-state index in [1.165, 1.54) is 0 Å². The van der Waals surface area contributed by atoms with E-state index in [-0.39, 0.29) is 24.3 Å². The molecule has 0 radical (unpaired) electrons. The van der Waals surface area contributed by atoms with Crippen molar-refractivity contribution >= 4 is 11.8 Å². The highest BCUT2D eigenvalue weighted by molar-refractivity contribution is 6.00. The number of benzene rings is 2. The molecule has 5 nitrogen and oxygen atoms in total. The van der Waals surface area contributed by atoms with E-state index >= 15 is 0 Å². The molecule has 5 heteroatoms. The fraction of sp³-hybridized carbons (Fsp3) is 0.391. The van der Waals surface area contributed by atoms with E-state index in [4.69, 9.17) is 5.21 Å². The van der Waals surface area contributed by atoms with Gasteiger partial charge in [0.15, 0.2) is 0 Å². The normalized spacial score (nSPS) is 14.2. The Kier molecular flexibility index (Phi) is 8.20. The van der Waals surface area contributed by atoms with E-state index in [0.29, 0.717) is 5.92 Å². The first-order valence-electron chi connectivity index (χ1n) is 9.75. The van der Waals surface area contributed by atoms with Crippen molar-refractivity contribution in [1.82, 2.24) is 10.8 Å². The largest absolute Gasteiger partial charge is 0.352 e. The molecule has 2 amide bonds. The Bertz CT molecular complexity index is 747. The minimum atomic E-state index is -0.995. The molecule has 0 spiro atoms. The number of nitrogens with one attached hydrogen (secondary N) is 2. The molecule has 0 heterocycles. The van der Waals surface area contributed by atoms with E-state index in [2.05, 4.69) is 26.1 Å². The molecule has 3 N–H and O–H groups in total. The number of amides is 2. The zero-order chi connectivity index (χ0) is 20.5. The predicted molar refractivity (Wildman–Crippen MR) is 110 cm³/mol. The van der Waals surface area contributed by atoms with Gasteiger partial charge in [0.25, 0.3) is 5.91 Å². The van der Waals surface area contributed by atoms with Crippen LogP contribution in [0.25, 0.3) is 0 Å². The second-order valence-electron chi connectivity index (χ2n) is 7.66. The lowest BCUT2D eigenvalue weighted by molar-refractivity contribution is -0.141. The van der Waals surface area contributed by atoms with Crippen molar-refractivity contribution in [3.63, 3.8) is 0 Å². The number of rotatable bonds is 9. The Morgan fingerprint density at radius 2 is 1.46 bits per heavy atom. The second kappa shape index (κ2) is 10.6. The van der Waals surface area contributed by atoms with Crippen molar-refractivity contribution in [2.45, 2.75) is 45.6 Å². The van der Waals surface area contributed by atoms with Crippen molar-refractivity contribution in [3.8, 4) is 0 Å². The first-order chi connectivity index (χ1) is 13.4. The average Bonchev–Trinajstić information content (AvgIpc) is 2.71. The molecule has 3 unspecified atom stereocenters. The molecular formula is C23H30N2O3. The van der Waals surface area contributed by atoms with E-state index < -0.39 is 11.8 Å². The summed E-state index contributed by atoms with van der Waals surface area (Å²) in [6.07, 6.45) is 1.02. The molecule has 0 aliphatic rings. The number of carbonyl (C=O) groups excluding carboxylic acids is 2. The molecule has 3 atom stereocenters. The highest BCUT2D eigenvalue weighted by Gasteiger charge is 2.30. The van der Waals surface area contributed by atoms with Crippen LogP contribution in [0.2, 0.25) is 0 Å². The molecule has 0 bridgehead atoms. The number of carbonyl (C=O) groups is 2. The molecule has 150 valence electrons. The van der Waals surface area contributed by atoms with Gasteiger partial charge in [-0.15, -0.1) is 0 Å². The Morgan fingerprint density at radius 1 is 0.893 bits per heavy atom. The molecule has 2 aromatic rings. The zero-order valence-corrected chi connectivity index (χ0v) is 16.8. The van der Waals surface area contributed by atoms with E-state index in [1.807, 2.05) is 60.7 Å². The van der Waals surface area contributed by atoms with Gasteiger partial charge in [0.2, 0.25) is 5.91 Å². The Morgan fingerprint density at radius 3 is 2.00 bits per heavy atom. The van der Waals surface area contributed by atoms with Crippen molar-refractivity contribution < 1.29 is 14.8 Å². The summed E-state index contributed by atoms with van der Waals surface area (Å²) in [6.45, 7) is 6.30. The molecule has 0 fully saturated rings. The minimum Gasteiger partial charge on any atom is -0.352 e. The monoisotopic (exact) mass is 382 g/mol. The summed E-state index contributed by atoms with van der Waals surface area (Å²) in [7, 11) is 0. The van der Waals surface area contributed by atoms with Crippen LogP contribution in [0.5, 0.6) is 0 Å². The third-order valence-corrected chi connectivity index (χ3v) is 5.01. The van der Waals surface area contributed by atoms with Crippen LogP contribution in [0.1, 0.15) is 44.2 Å². The van der Waals surface area contributed by atoms with Gasteiger partial charge in [0.1, 0.15) is 5.92 Å². The van der Waals surface area contributed by atoms with Crippen LogP contribution in [0.15, 0.2) is 60.7 Å². The minimum absolute atomic E-state index is 0.0992. The summed E-state index contributed by atoms with van der Waals surface area (Å²) in [4.78, 5) is 25.2. The Balaban J connectivity index is 2.19. The van der Waals surface area contributed by atoms with Gasteiger partial charge < -0.3 is 5.32 Å². The van der Waals surface area contributed by atoms with Gasteiger partial charge in [-0.1, -0.05) is 81.4 Å². The van der Waals surface area contributed by atoms with Gasteiger partial charge in [-0.05, 0) is 29.9 Å². The summed E-state index contributed by atoms with van der Waals surface area (Å²) < 4.78 is 0. The first kappa shape index (κ1) is 21.6. The summed E-state index contributed by atoms with van der Waals surface area (Å²) in [5, 5.41) is 12.2. The Hall–Kier alpha value is -2.66. The van der Waals surface area contributed by atoms with Crippen LogP contribution < -0.4 is 10.8 Å². The van der Waals surface area contributed by atoms with Gasteiger partial charge in [0, 0.05) is 12.0 Å². The molecular weight excluding hydrogens is 352 g/mol. The van der Waals surface area contributed by atoms with Crippen LogP contribution in [-0.4, -0.2) is 23.1 Å². The maximum Gasteiger partial charge on any atom is 0.256 e. The molecule has 0 aromatic heterocycles. The molecule has 2 aromatic carbocycles. The van der Waals surface area contributed by atoms with E-state index in [0.717, 1.165) is 17.5 Å². The molecule has 0 saturated carbocycles. The lowest BCUT2D eigenvalue weighted by Gasteiger charge is -2.29. The van der Waals surface area contributed by atoms with Gasteiger partial charge in [-0.3, -0.25) is 14.8 Å². The topological polar surface area (TPSA) is 78.4 Å². The highest BCUT2D eigenvalue weighted by atomic mass is 16.5. The zero-order valence-electron chi connectivity index (χ0n) is 16.8. The van der Waals surface area contributed by atoms with Crippen LogP contribution in [-0.2, 0) is 16.0 Å². The number of hydrogen-bond donors (Lipinski definition) is 3. The predicted octanol–water partition coefficient (Wildman–Crippen LogP) is 3.69. The molecule has 2 rings (SSSR count). The number of hydrogen-bond acceptors (Lipinski definition) is 3. The SMILES string of the molecule is CC(C)CC(NC(=O)C(Cc1ccccc1)C(=O)NO)C(C)c1ccccc1. The third kappa shape index (κ3) is 6.20. The van der Waals surface area contributed by atoms with Gasteiger partial charge in [-0.2, -0.15) is 0 Å². The van der Waals surface area contributed by atoms with Crippen LogP contribution in [0.4, 0.5) is 0 Å². The first-order valence-corrected chi connectivity index (χ1v) is 9.75. The lowest BCUT2D eigenvalue weighted by Crippen LogP contribution is -2.47. The third-order valence-electron chi connectivity index (χ3n) is 5.01. The molecule has 0 aliphatic heterocycles. The van der Waals surface area contributed by atoms with Crippen LogP contribution in [0, 0.1) is 11.8 Å². The lowest BCUT2D eigenvalue weighted by atomic mass is 9.87. The van der Waals surface area contributed by atoms with Gasteiger partial charge in [-0.25, -0.2) is 5.48 Å². The summed E-state index contributed by atoms with van der Waals surface area (Å²) in [5.74, 6) is -1.58. The van der Waals surface area contributed by atoms with E-state index in [1.54, 1.807) is 5.48 Å². The summed E-state index contributed by atoms with van der Waals surface area (Å²) in [5.41, 5.74) is 3.64. The molecule has 28 heavy (non-hydrogen) atoms. The standard InChI is InChI=1S/C23H30N2O3/c1-16(2)14-21(17(3)19-12-8-5-9-13-19)24-22(26)20(23(27)25-28)15-18-10-6-4-7-11-18/h4-13,16-17,20-21,28H,14-15H2,1-3H3,(H,24,26)(H,25,27). The fourth-order valence-corrected chi connectivity index (χ4v) is 3.40. The quantitative estimate of drug-likeness (QED) is 0.352. The van der Waals surface area contributed by atoms with Gasteiger partial charge >= 0.3 is 0 Å².